The Bertz CT molecular complexity index is 1560. The van der Waals surface area contributed by atoms with Crippen LogP contribution in [-0.4, -0.2) is 16.8 Å². The first-order chi connectivity index (χ1) is 17.5. The summed E-state index contributed by atoms with van der Waals surface area (Å²) in [6.45, 7) is 2.07. The van der Waals surface area contributed by atoms with Gasteiger partial charge in [-0.2, -0.15) is 0 Å². The molecule has 0 atom stereocenters. The fourth-order valence-electron chi connectivity index (χ4n) is 3.71. The predicted molar refractivity (Wildman–Crippen MR) is 147 cm³/mol. The summed E-state index contributed by atoms with van der Waals surface area (Å²) in [7, 11) is 0. The topological polar surface area (TPSA) is 71.1 Å². The molecule has 36 heavy (non-hydrogen) atoms. The molecule has 5 nitrogen and oxygen atoms in total. The zero-order valence-electron chi connectivity index (χ0n) is 19.6. The van der Waals surface area contributed by atoms with Crippen molar-refractivity contribution >= 4 is 45.1 Å². The number of aromatic nitrogens is 1. The van der Waals surface area contributed by atoms with Gasteiger partial charge in [-0.15, -0.1) is 11.3 Å². The summed E-state index contributed by atoms with van der Waals surface area (Å²) in [5, 5.41) is 6.58. The fraction of sp³-hybridized carbons (Fsp3) is 0.0333. The number of thiazole rings is 1. The Kier molecular flexibility index (Phi) is 6.69. The number of amides is 2. The van der Waals surface area contributed by atoms with Gasteiger partial charge in [-0.3, -0.25) is 9.59 Å². The number of hydrogen-bond donors (Lipinski definition) is 2. The van der Waals surface area contributed by atoms with E-state index in [9.17, 15) is 9.59 Å². The minimum atomic E-state index is -0.411. The Morgan fingerprint density at radius 3 is 2.25 bits per heavy atom. The highest BCUT2D eigenvalue weighted by atomic mass is 32.1. The van der Waals surface area contributed by atoms with Gasteiger partial charge in [0.2, 0.25) is 0 Å². The van der Waals surface area contributed by atoms with Gasteiger partial charge in [-0.25, -0.2) is 4.98 Å². The second kappa shape index (κ2) is 10.4. The standard InChI is InChI=1S/C30H23N3O2S/c1-20-12-17-25-27(18-20)36-30(33-25)23-13-15-24(16-14-23)31-29(35)26(19-21-8-4-2-5-9-21)32-28(34)22-10-6-3-7-11-22/h2-19H,1H3,(H,31,35)(H,32,34). The van der Waals surface area contributed by atoms with Gasteiger partial charge in [-0.05, 0) is 72.7 Å². The summed E-state index contributed by atoms with van der Waals surface area (Å²) >= 11 is 1.64. The summed E-state index contributed by atoms with van der Waals surface area (Å²) in [6.07, 6.45) is 1.66. The number of hydrogen-bond acceptors (Lipinski definition) is 4. The lowest BCUT2D eigenvalue weighted by atomic mass is 10.1. The maximum Gasteiger partial charge on any atom is 0.272 e. The summed E-state index contributed by atoms with van der Waals surface area (Å²) in [5.74, 6) is -0.763. The maximum atomic E-state index is 13.2. The van der Waals surface area contributed by atoms with E-state index in [1.165, 1.54) is 5.56 Å². The lowest BCUT2D eigenvalue weighted by molar-refractivity contribution is -0.113. The first kappa shape index (κ1) is 23.2. The number of rotatable bonds is 6. The molecular weight excluding hydrogens is 466 g/mol. The number of aryl methyl sites for hydroxylation is 1. The molecule has 0 aliphatic carbocycles. The van der Waals surface area contributed by atoms with Gasteiger partial charge >= 0.3 is 0 Å². The van der Waals surface area contributed by atoms with Crippen LogP contribution in [0.4, 0.5) is 5.69 Å². The number of fused-ring (bicyclic) bond motifs is 1. The fourth-order valence-corrected chi connectivity index (χ4v) is 4.78. The molecule has 5 aromatic rings. The molecule has 0 bridgehead atoms. The van der Waals surface area contributed by atoms with Crippen molar-refractivity contribution < 1.29 is 9.59 Å². The number of carbonyl (C=O) groups excluding carboxylic acids is 2. The van der Waals surface area contributed by atoms with Crippen LogP contribution in [0.2, 0.25) is 0 Å². The monoisotopic (exact) mass is 489 g/mol. The molecular formula is C30H23N3O2S. The summed E-state index contributed by atoms with van der Waals surface area (Å²) in [4.78, 5) is 30.7. The Morgan fingerprint density at radius 2 is 1.53 bits per heavy atom. The van der Waals surface area contributed by atoms with Crippen LogP contribution in [0.3, 0.4) is 0 Å². The van der Waals surface area contributed by atoms with Crippen molar-refractivity contribution in [3.63, 3.8) is 0 Å². The molecule has 0 fully saturated rings. The van der Waals surface area contributed by atoms with Crippen LogP contribution >= 0.6 is 11.3 Å². The van der Waals surface area contributed by atoms with Crippen molar-refractivity contribution in [2.24, 2.45) is 0 Å². The zero-order valence-corrected chi connectivity index (χ0v) is 20.4. The molecule has 1 aromatic heterocycles. The number of nitrogens with one attached hydrogen (secondary N) is 2. The van der Waals surface area contributed by atoms with E-state index in [0.717, 1.165) is 26.4 Å². The largest absolute Gasteiger partial charge is 0.321 e. The van der Waals surface area contributed by atoms with E-state index in [1.54, 1.807) is 41.7 Å². The number of benzene rings is 4. The molecule has 0 spiro atoms. The van der Waals surface area contributed by atoms with E-state index in [4.69, 9.17) is 4.98 Å². The van der Waals surface area contributed by atoms with E-state index in [1.807, 2.05) is 66.7 Å². The second-order valence-corrected chi connectivity index (χ2v) is 9.34. The van der Waals surface area contributed by atoms with Gasteiger partial charge in [-0.1, -0.05) is 54.6 Å². The maximum absolute atomic E-state index is 13.2. The molecule has 0 aliphatic heterocycles. The highest BCUT2D eigenvalue weighted by molar-refractivity contribution is 7.21. The van der Waals surface area contributed by atoms with Crippen molar-refractivity contribution in [2.45, 2.75) is 6.92 Å². The van der Waals surface area contributed by atoms with E-state index in [0.29, 0.717) is 11.3 Å². The zero-order chi connectivity index (χ0) is 24.9. The van der Waals surface area contributed by atoms with Gasteiger partial charge in [0.05, 0.1) is 10.2 Å². The molecule has 176 valence electrons. The van der Waals surface area contributed by atoms with E-state index in [2.05, 4.69) is 29.7 Å². The van der Waals surface area contributed by atoms with Gasteiger partial charge in [0.25, 0.3) is 11.8 Å². The second-order valence-electron chi connectivity index (χ2n) is 8.31. The highest BCUT2D eigenvalue weighted by Gasteiger charge is 2.15. The minimum absolute atomic E-state index is 0.153. The predicted octanol–water partition coefficient (Wildman–Crippen LogP) is 6.68. The molecule has 0 saturated heterocycles. The smallest absolute Gasteiger partial charge is 0.272 e. The Morgan fingerprint density at radius 1 is 0.833 bits per heavy atom. The quantitative estimate of drug-likeness (QED) is 0.261. The molecule has 1 heterocycles. The summed E-state index contributed by atoms with van der Waals surface area (Å²) in [6, 6.07) is 32.0. The number of anilines is 1. The van der Waals surface area contributed by atoms with E-state index in [-0.39, 0.29) is 11.6 Å². The summed E-state index contributed by atoms with van der Waals surface area (Å²) < 4.78 is 1.15. The van der Waals surface area contributed by atoms with Crippen LogP contribution in [0.15, 0.2) is 109 Å². The molecule has 4 aromatic carbocycles. The molecule has 0 radical (unpaired) electrons. The van der Waals surface area contributed by atoms with Crippen molar-refractivity contribution in [3.8, 4) is 10.6 Å². The van der Waals surface area contributed by atoms with Crippen molar-refractivity contribution in [1.82, 2.24) is 10.3 Å². The third kappa shape index (κ3) is 5.40. The molecule has 2 amide bonds. The van der Waals surface area contributed by atoms with E-state index < -0.39 is 5.91 Å². The van der Waals surface area contributed by atoms with Gasteiger partial charge in [0, 0.05) is 16.8 Å². The van der Waals surface area contributed by atoms with Crippen LogP contribution in [-0.2, 0) is 4.79 Å². The molecule has 6 heteroatoms. The third-order valence-electron chi connectivity index (χ3n) is 5.57. The van der Waals surface area contributed by atoms with Crippen molar-refractivity contribution in [2.75, 3.05) is 5.32 Å². The average Bonchev–Trinajstić information content (AvgIpc) is 3.33. The van der Waals surface area contributed by atoms with Crippen LogP contribution < -0.4 is 10.6 Å². The highest BCUT2D eigenvalue weighted by Crippen LogP contribution is 2.31. The average molecular weight is 490 g/mol. The van der Waals surface area contributed by atoms with Crippen molar-refractivity contribution in [1.29, 1.82) is 0 Å². The third-order valence-corrected chi connectivity index (χ3v) is 6.64. The number of nitrogens with zero attached hydrogens (tertiary/aromatic N) is 1. The van der Waals surface area contributed by atoms with E-state index >= 15 is 0 Å². The Balaban J connectivity index is 1.36. The first-order valence-corrected chi connectivity index (χ1v) is 12.3. The Labute approximate surface area is 213 Å². The van der Waals surface area contributed by atoms with Gasteiger partial charge in [0.1, 0.15) is 10.7 Å². The Hall–Kier alpha value is -4.55. The first-order valence-electron chi connectivity index (χ1n) is 11.5. The van der Waals surface area contributed by atoms with Gasteiger partial charge < -0.3 is 10.6 Å². The summed E-state index contributed by atoms with van der Waals surface area (Å²) in [5.41, 5.74) is 5.20. The lowest BCUT2D eigenvalue weighted by Gasteiger charge is -2.12. The molecule has 0 aliphatic rings. The lowest BCUT2D eigenvalue weighted by Crippen LogP contribution is -2.30. The molecule has 5 rings (SSSR count). The number of carbonyl (C=O) groups is 2. The molecule has 0 saturated carbocycles. The minimum Gasteiger partial charge on any atom is -0.321 e. The van der Waals surface area contributed by atoms with Crippen LogP contribution in [0.5, 0.6) is 0 Å². The SMILES string of the molecule is Cc1ccc2nc(-c3ccc(NC(=O)C(=Cc4ccccc4)NC(=O)c4ccccc4)cc3)sc2c1. The van der Waals surface area contributed by atoms with Crippen LogP contribution in [0.25, 0.3) is 26.9 Å². The molecule has 2 N–H and O–H groups in total. The van der Waals surface area contributed by atoms with Crippen LogP contribution in [0, 0.1) is 6.92 Å². The molecule has 0 unspecified atom stereocenters. The normalized spacial score (nSPS) is 11.3. The van der Waals surface area contributed by atoms with Crippen molar-refractivity contribution in [3.05, 3.63) is 126 Å². The van der Waals surface area contributed by atoms with Gasteiger partial charge in [0.15, 0.2) is 0 Å². The van der Waals surface area contributed by atoms with Crippen LogP contribution in [0.1, 0.15) is 21.5 Å².